The minimum absolute atomic E-state index is 0.104. The molecule has 0 saturated carbocycles. The number of hydrogen-bond donors (Lipinski definition) is 2. The van der Waals surface area contributed by atoms with Gasteiger partial charge in [0.1, 0.15) is 0 Å². The molecule has 6 heteroatoms. The van der Waals surface area contributed by atoms with Crippen molar-refractivity contribution in [1.82, 2.24) is 19.5 Å². The maximum absolute atomic E-state index is 11.2. The second kappa shape index (κ2) is 6.91. The average molecular weight is 381 g/mol. The van der Waals surface area contributed by atoms with Crippen LogP contribution in [0.1, 0.15) is 5.56 Å². The highest BCUT2D eigenvalue weighted by Gasteiger charge is 2.10. The number of benzene rings is 2. The Balaban J connectivity index is 1.58. The van der Waals surface area contributed by atoms with E-state index in [0.717, 1.165) is 33.4 Å². The predicted octanol–water partition coefficient (Wildman–Crippen LogP) is 4.09. The first-order valence-corrected chi connectivity index (χ1v) is 9.39. The molecule has 0 bridgehead atoms. The Hall–Kier alpha value is -3.93. The summed E-state index contributed by atoms with van der Waals surface area (Å²) in [7, 11) is 2.05. The Kier molecular flexibility index (Phi) is 4.09. The smallest absolute Gasteiger partial charge is 0.247 e. The van der Waals surface area contributed by atoms with E-state index in [-0.39, 0.29) is 5.56 Å². The summed E-state index contributed by atoms with van der Waals surface area (Å²) in [5.74, 6) is 0. The molecule has 6 nitrogen and oxygen atoms in total. The molecule has 3 aromatic heterocycles. The number of anilines is 1. The molecule has 5 aromatic rings. The van der Waals surface area contributed by atoms with Crippen molar-refractivity contribution in [2.75, 3.05) is 5.32 Å². The van der Waals surface area contributed by atoms with E-state index in [4.69, 9.17) is 0 Å². The number of fused-ring (bicyclic) bond motifs is 2. The normalized spacial score (nSPS) is 11.2. The van der Waals surface area contributed by atoms with E-state index >= 15 is 0 Å². The van der Waals surface area contributed by atoms with Crippen molar-refractivity contribution in [2.24, 2.45) is 7.05 Å². The van der Waals surface area contributed by atoms with Gasteiger partial charge in [-0.2, -0.15) is 0 Å². The zero-order chi connectivity index (χ0) is 19.8. The second-order valence-electron chi connectivity index (χ2n) is 7.06. The molecular weight excluding hydrogens is 362 g/mol. The standard InChI is InChI=1S/C23H19N5O/c1-28-9-6-16-3-4-17(10-21(16)28)19-11-18(12-20-23(19)25-8-7-24-20)26-13-15-2-5-22(29)27-14-15/h2-12,14,26H,13H2,1H3,(H,27,29). The summed E-state index contributed by atoms with van der Waals surface area (Å²) < 4.78 is 2.12. The van der Waals surface area contributed by atoms with Crippen LogP contribution in [0.4, 0.5) is 5.69 Å². The van der Waals surface area contributed by atoms with Gasteiger partial charge in [-0.05, 0) is 40.8 Å². The van der Waals surface area contributed by atoms with Crippen LogP contribution in [0.3, 0.4) is 0 Å². The molecular formula is C23H19N5O. The van der Waals surface area contributed by atoms with E-state index in [1.54, 1.807) is 18.6 Å². The van der Waals surface area contributed by atoms with Crippen molar-refractivity contribution in [3.8, 4) is 11.1 Å². The van der Waals surface area contributed by atoms with E-state index < -0.39 is 0 Å². The van der Waals surface area contributed by atoms with E-state index in [9.17, 15) is 4.79 Å². The van der Waals surface area contributed by atoms with Gasteiger partial charge in [0.15, 0.2) is 0 Å². The number of nitrogens with zero attached hydrogens (tertiary/aromatic N) is 3. The highest BCUT2D eigenvalue weighted by atomic mass is 16.1. The third kappa shape index (κ3) is 3.25. The second-order valence-corrected chi connectivity index (χ2v) is 7.06. The van der Waals surface area contributed by atoms with E-state index in [1.165, 1.54) is 17.0 Å². The van der Waals surface area contributed by atoms with Crippen molar-refractivity contribution in [3.63, 3.8) is 0 Å². The van der Waals surface area contributed by atoms with Crippen molar-refractivity contribution in [2.45, 2.75) is 6.54 Å². The Morgan fingerprint density at radius 1 is 1.03 bits per heavy atom. The number of aromatic amines is 1. The largest absolute Gasteiger partial charge is 0.381 e. The Morgan fingerprint density at radius 3 is 2.79 bits per heavy atom. The molecule has 0 unspecified atom stereocenters. The molecule has 29 heavy (non-hydrogen) atoms. The van der Waals surface area contributed by atoms with Crippen LogP contribution in [0.15, 0.2) is 78.1 Å². The monoisotopic (exact) mass is 381 g/mol. The van der Waals surface area contributed by atoms with Crippen LogP contribution in [0.2, 0.25) is 0 Å². The average Bonchev–Trinajstić information content (AvgIpc) is 3.13. The summed E-state index contributed by atoms with van der Waals surface area (Å²) in [5.41, 5.74) is 6.85. The third-order valence-corrected chi connectivity index (χ3v) is 5.12. The summed E-state index contributed by atoms with van der Waals surface area (Å²) in [6.45, 7) is 0.596. The van der Waals surface area contributed by atoms with Gasteiger partial charge < -0.3 is 14.9 Å². The lowest BCUT2D eigenvalue weighted by Gasteiger charge is -2.12. The summed E-state index contributed by atoms with van der Waals surface area (Å²) in [6, 6.07) is 16.0. The lowest BCUT2D eigenvalue weighted by molar-refractivity contribution is 0.969. The topological polar surface area (TPSA) is 75.6 Å². The van der Waals surface area contributed by atoms with Gasteiger partial charge >= 0.3 is 0 Å². The summed E-state index contributed by atoms with van der Waals surface area (Å²) >= 11 is 0. The molecule has 0 aliphatic heterocycles. The number of H-pyrrole nitrogens is 1. The Labute approximate surface area is 166 Å². The fourth-order valence-corrected chi connectivity index (χ4v) is 3.58. The van der Waals surface area contributed by atoms with Crippen molar-refractivity contribution < 1.29 is 0 Å². The lowest BCUT2D eigenvalue weighted by Crippen LogP contribution is -2.06. The summed E-state index contributed by atoms with van der Waals surface area (Å²) in [6.07, 6.45) is 7.22. The summed E-state index contributed by atoms with van der Waals surface area (Å²) in [4.78, 5) is 23.0. The molecule has 0 spiro atoms. The number of aryl methyl sites for hydroxylation is 1. The molecule has 3 heterocycles. The molecule has 0 aliphatic carbocycles. The van der Waals surface area contributed by atoms with E-state index in [0.29, 0.717) is 6.54 Å². The number of aromatic nitrogens is 4. The van der Waals surface area contributed by atoms with Gasteiger partial charge in [0.05, 0.1) is 11.0 Å². The number of rotatable bonds is 4. The molecule has 2 N–H and O–H groups in total. The van der Waals surface area contributed by atoms with Crippen LogP contribution in [-0.4, -0.2) is 19.5 Å². The fraction of sp³-hybridized carbons (Fsp3) is 0.0870. The molecule has 0 fully saturated rings. The zero-order valence-corrected chi connectivity index (χ0v) is 15.9. The van der Waals surface area contributed by atoms with Crippen molar-refractivity contribution in [1.29, 1.82) is 0 Å². The summed E-state index contributed by atoms with van der Waals surface area (Å²) in [5, 5.41) is 4.64. The van der Waals surface area contributed by atoms with Gasteiger partial charge in [0, 0.05) is 61.2 Å². The number of nitrogens with one attached hydrogen (secondary N) is 2. The predicted molar refractivity (Wildman–Crippen MR) is 116 cm³/mol. The lowest BCUT2D eigenvalue weighted by atomic mass is 10.0. The third-order valence-electron chi connectivity index (χ3n) is 5.12. The molecule has 0 atom stereocenters. The maximum atomic E-state index is 11.2. The van der Waals surface area contributed by atoms with Crippen LogP contribution in [0.25, 0.3) is 33.1 Å². The first-order valence-electron chi connectivity index (χ1n) is 9.39. The maximum Gasteiger partial charge on any atom is 0.247 e. The number of pyridine rings is 1. The van der Waals surface area contributed by atoms with Crippen molar-refractivity contribution >= 4 is 27.6 Å². The molecule has 2 aromatic carbocycles. The van der Waals surface area contributed by atoms with Gasteiger partial charge in [0.25, 0.3) is 0 Å². The zero-order valence-electron chi connectivity index (χ0n) is 15.9. The first-order chi connectivity index (χ1) is 14.2. The molecule has 0 saturated heterocycles. The van der Waals surface area contributed by atoms with Crippen LogP contribution in [-0.2, 0) is 13.6 Å². The van der Waals surface area contributed by atoms with Gasteiger partial charge in [0.2, 0.25) is 5.56 Å². The minimum Gasteiger partial charge on any atom is -0.381 e. The van der Waals surface area contributed by atoms with Crippen LogP contribution >= 0.6 is 0 Å². The highest BCUT2D eigenvalue weighted by molar-refractivity contribution is 5.97. The van der Waals surface area contributed by atoms with E-state index in [1.807, 2.05) is 19.2 Å². The number of hydrogen-bond acceptors (Lipinski definition) is 4. The van der Waals surface area contributed by atoms with Crippen LogP contribution in [0, 0.1) is 0 Å². The molecule has 142 valence electrons. The van der Waals surface area contributed by atoms with Gasteiger partial charge in [-0.3, -0.25) is 14.8 Å². The fourth-order valence-electron chi connectivity index (χ4n) is 3.58. The van der Waals surface area contributed by atoms with Gasteiger partial charge in [-0.25, -0.2) is 0 Å². The molecule has 0 amide bonds. The Bertz CT molecular complexity index is 1380. The SMILES string of the molecule is Cn1ccc2ccc(-c3cc(NCc4ccc(=O)[nH]c4)cc4nccnc34)cc21. The highest BCUT2D eigenvalue weighted by Crippen LogP contribution is 2.32. The van der Waals surface area contributed by atoms with Gasteiger partial charge in [-0.1, -0.05) is 18.2 Å². The Morgan fingerprint density at radius 2 is 1.93 bits per heavy atom. The molecule has 5 rings (SSSR count). The minimum atomic E-state index is -0.104. The molecule has 0 radical (unpaired) electrons. The van der Waals surface area contributed by atoms with E-state index in [2.05, 4.69) is 61.4 Å². The van der Waals surface area contributed by atoms with Crippen molar-refractivity contribution in [3.05, 3.63) is 89.2 Å². The molecule has 0 aliphatic rings. The first kappa shape index (κ1) is 17.2. The van der Waals surface area contributed by atoms with Gasteiger partial charge in [-0.15, -0.1) is 0 Å². The van der Waals surface area contributed by atoms with Crippen LogP contribution in [0.5, 0.6) is 0 Å². The van der Waals surface area contributed by atoms with Crippen LogP contribution < -0.4 is 10.9 Å². The quantitative estimate of drug-likeness (QED) is 0.492.